The van der Waals surface area contributed by atoms with Crippen LogP contribution in [0.25, 0.3) is 0 Å². The number of halogens is 1. The Kier molecular flexibility index (Phi) is 6.99. The predicted molar refractivity (Wildman–Crippen MR) is 87.2 cm³/mol. The number of hydrogen-bond acceptors (Lipinski definition) is 4. The molecule has 0 aliphatic carbocycles. The predicted octanol–water partition coefficient (Wildman–Crippen LogP) is 3.90. The van der Waals surface area contributed by atoms with E-state index in [2.05, 4.69) is 32.6 Å². The molecule has 1 atom stereocenters. The van der Waals surface area contributed by atoms with E-state index in [1.807, 2.05) is 33.8 Å². The Hall–Kier alpha value is -0.590. The van der Waals surface area contributed by atoms with Crippen LogP contribution in [0.15, 0.2) is 15.9 Å². The van der Waals surface area contributed by atoms with E-state index in [0.29, 0.717) is 0 Å². The van der Waals surface area contributed by atoms with Gasteiger partial charge in [-0.2, -0.15) is 0 Å². The molecular weight excluding hydrogens is 340 g/mol. The first kappa shape index (κ1) is 17.5. The molecule has 4 nitrogen and oxygen atoms in total. The summed E-state index contributed by atoms with van der Waals surface area (Å²) in [5.74, 6) is 0. The largest absolute Gasteiger partial charge is 0.444 e. The van der Waals surface area contributed by atoms with E-state index in [4.69, 9.17) is 4.74 Å². The van der Waals surface area contributed by atoms with Crippen molar-refractivity contribution >= 4 is 33.4 Å². The van der Waals surface area contributed by atoms with Gasteiger partial charge >= 0.3 is 6.09 Å². The van der Waals surface area contributed by atoms with Crippen LogP contribution in [0.3, 0.4) is 0 Å². The average Bonchev–Trinajstić information content (AvgIpc) is 2.71. The Balaban J connectivity index is 2.30. The summed E-state index contributed by atoms with van der Waals surface area (Å²) in [7, 11) is 0. The van der Waals surface area contributed by atoms with Gasteiger partial charge in [0.05, 0.1) is 3.79 Å². The van der Waals surface area contributed by atoms with Gasteiger partial charge in [-0.15, -0.1) is 11.3 Å². The first-order valence-corrected chi connectivity index (χ1v) is 8.35. The number of hydrogen-bond donors (Lipinski definition) is 2. The maximum absolute atomic E-state index is 11.7. The molecule has 0 radical (unpaired) electrons. The smallest absolute Gasteiger partial charge is 0.407 e. The van der Waals surface area contributed by atoms with Crippen LogP contribution in [0.2, 0.25) is 0 Å². The molecule has 1 heterocycles. The highest BCUT2D eigenvalue weighted by Gasteiger charge is 2.18. The van der Waals surface area contributed by atoms with Crippen LogP contribution < -0.4 is 10.6 Å². The normalized spacial score (nSPS) is 13.1. The Labute approximate surface area is 133 Å². The minimum absolute atomic E-state index is 0.0771. The molecule has 20 heavy (non-hydrogen) atoms. The second kappa shape index (κ2) is 8.00. The molecule has 1 unspecified atom stereocenters. The zero-order valence-corrected chi connectivity index (χ0v) is 14.9. The molecule has 0 saturated heterocycles. The van der Waals surface area contributed by atoms with Crippen LogP contribution in [-0.2, 0) is 11.3 Å². The molecule has 0 fully saturated rings. The van der Waals surface area contributed by atoms with Crippen LogP contribution in [0.4, 0.5) is 4.79 Å². The zero-order chi connectivity index (χ0) is 15.2. The molecule has 0 aromatic carbocycles. The highest BCUT2D eigenvalue weighted by Crippen LogP contribution is 2.21. The molecule has 6 heteroatoms. The monoisotopic (exact) mass is 362 g/mol. The van der Waals surface area contributed by atoms with Crippen LogP contribution in [-0.4, -0.2) is 24.3 Å². The summed E-state index contributed by atoms with van der Waals surface area (Å²) in [5, 5.41) is 6.24. The van der Waals surface area contributed by atoms with Gasteiger partial charge in [-0.3, -0.25) is 0 Å². The van der Waals surface area contributed by atoms with Gasteiger partial charge in [0.25, 0.3) is 0 Å². The Morgan fingerprint density at radius 2 is 2.15 bits per heavy atom. The summed E-state index contributed by atoms with van der Waals surface area (Å²) in [6.45, 7) is 9.17. The fourth-order valence-electron chi connectivity index (χ4n) is 1.59. The molecule has 1 rings (SSSR count). The number of rotatable bonds is 6. The Morgan fingerprint density at radius 3 is 2.65 bits per heavy atom. The van der Waals surface area contributed by atoms with E-state index in [9.17, 15) is 4.79 Å². The standard InChI is InChI=1S/C14H23BrN2O2S/c1-5-10(17-13(18)19-14(2,3)4)8-16-9-11-6-7-12(15)20-11/h6-7,10,16H,5,8-9H2,1-4H3,(H,17,18). The molecule has 0 bridgehead atoms. The number of alkyl carbamates (subject to hydrolysis) is 1. The maximum atomic E-state index is 11.7. The summed E-state index contributed by atoms with van der Waals surface area (Å²) in [5.41, 5.74) is -0.459. The number of nitrogens with one attached hydrogen (secondary N) is 2. The summed E-state index contributed by atoms with van der Waals surface area (Å²) < 4.78 is 6.39. The number of thiophene rings is 1. The SMILES string of the molecule is CCC(CNCc1ccc(Br)s1)NC(=O)OC(C)(C)C. The third kappa shape index (κ3) is 7.26. The minimum atomic E-state index is -0.459. The third-order valence-corrected chi connectivity index (χ3v) is 4.16. The van der Waals surface area contributed by atoms with Crippen LogP contribution in [0.5, 0.6) is 0 Å². The summed E-state index contributed by atoms with van der Waals surface area (Å²) >= 11 is 5.16. The average molecular weight is 363 g/mol. The third-order valence-electron chi connectivity index (χ3n) is 2.53. The van der Waals surface area contributed by atoms with E-state index >= 15 is 0 Å². The fourth-order valence-corrected chi connectivity index (χ4v) is 3.04. The van der Waals surface area contributed by atoms with Gasteiger partial charge in [-0.1, -0.05) is 6.92 Å². The summed E-state index contributed by atoms with van der Waals surface area (Å²) in [4.78, 5) is 13.0. The van der Waals surface area contributed by atoms with E-state index in [1.54, 1.807) is 11.3 Å². The number of amides is 1. The van der Waals surface area contributed by atoms with Crippen LogP contribution >= 0.6 is 27.3 Å². The van der Waals surface area contributed by atoms with Gasteiger partial charge in [-0.05, 0) is 55.3 Å². The van der Waals surface area contributed by atoms with Crippen molar-refractivity contribution in [2.75, 3.05) is 6.54 Å². The van der Waals surface area contributed by atoms with Crippen molar-refractivity contribution in [1.82, 2.24) is 10.6 Å². The first-order valence-electron chi connectivity index (χ1n) is 6.74. The molecule has 0 aliphatic rings. The zero-order valence-electron chi connectivity index (χ0n) is 12.5. The highest BCUT2D eigenvalue weighted by atomic mass is 79.9. The van der Waals surface area contributed by atoms with Crippen molar-refractivity contribution in [3.05, 3.63) is 20.8 Å². The van der Waals surface area contributed by atoms with E-state index in [-0.39, 0.29) is 12.1 Å². The van der Waals surface area contributed by atoms with Gasteiger partial charge in [0.1, 0.15) is 5.60 Å². The van der Waals surface area contributed by atoms with E-state index in [0.717, 1.165) is 23.3 Å². The molecule has 1 aromatic heterocycles. The van der Waals surface area contributed by atoms with Gasteiger partial charge < -0.3 is 15.4 Å². The maximum Gasteiger partial charge on any atom is 0.407 e. The number of carbonyl (C=O) groups excluding carboxylic acids is 1. The number of ether oxygens (including phenoxy) is 1. The van der Waals surface area contributed by atoms with Gasteiger partial charge in [0.15, 0.2) is 0 Å². The van der Waals surface area contributed by atoms with Crippen molar-refractivity contribution < 1.29 is 9.53 Å². The molecule has 0 aliphatic heterocycles. The topological polar surface area (TPSA) is 50.4 Å². The second-order valence-electron chi connectivity index (χ2n) is 5.59. The fraction of sp³-hybridized carbons (Fsp3) is 0.643. The molecule has 0 saturated carbocycles. The molecule has 0 spiro atoms. The van der Waals surface area contributed by atoms with Gasteiger partial charge in [-0.25, -0.2) is 4.79 Å². The van der Waals surface area contributed by atoms with E-state index < -0.39 is 5.60 Å². The van der Waals surface area contributed by atoms with E-state index in [1.165, 1.54) is 4.88 Å². The van der Waals surface area contributed by atoms with Crippen molar-refractivity contribution in [3.63, 3.8) is 0 Å². The Morgan fingerprint density at radius 1 is 1.45 bits per heavy atom. The molecule has 1 amide bonds. The van der Waals surface area contributed by atoms with Crippen LogP contribution in [0, 0.1) is 0 Å². The molecule has 1 aromatic rings. The highest BCUT2D eigenvalue weighted by molar-refractivity contribution is 9.11. The molecular formula is C14H23BrN2O2S. The molecule has 2 N–H and O–H groups in total. The lowest BCUT2D eigenvalue weighted by molar-refractivity contribution is 0.0502. The lowest BCUT2D eigenvalue weighted by atomic mass is 10.2. The van der Waals surface area contributed by atoms with Gasteiger partial charge in [0, 0.05) is 24.0 Å². The van der Waals surface area contributed by atoms with Crippen molar-refractivity contribution in [2.24, 2.45) is 0 Å². The van der Waals surface area contributed by atoms with Crippen LogP contribution in [0.1, 0.15) is 39.0 Å². The summed E-state index contributed by atoms with van der Waals surface area (Å²) in [6, 6.07) is 4.20. The summed E-state index contributed by atoms with van der Waals surface area (Å²) in [6.07, 6.45) is 0.505. The van der Waals surface area contributed by atoms with Crippen molar-refractivity contribution in [1.29, 1.82) is 0 Å². The second-order valence-corrected chi connectivity index (χ2v) is 8.14. The van der Waals surface area contributed by atoms with Crippen molar-refractivity contribution in [3.8, 4) is 0 Å². The Bertz CT molecular complexity index is 429. The quantitative estimate of drug-likeness (QED) is 0.806. The lowest BCUT2D eigenvalue weighted by Gasteiger charge is -2.23. The van der Waals surface area contributed by atoms with Gasteiger partial charge in [0.2, 0.25) is 0 Å². The minimum Gasteiger partial charge on any atom is -0.444 e. The lowest BCUT2D eigenvalue weighted by Crippen LogP contribution is -2.43. The molecule has 114 valence electrons. The van der Waals surface area contributed by atoms with Crippen molar-refractivity contribution in [2.45, 2.75) is 52.3 Å². The number of carbonyl (C=O) groups is 1. The first-order chi connectivity index (χ1) is 9.30.